The number of phenolic OH excluding ortho intramolecular Hbond substituents is 2. The van der Waals surface area contributed by atoms with Crippen LogP contribution in [0.25, 0.3) is 22.3 Å². The lowest BCUT2D eigenvalue weighted by molar-refractivity contribution is -0.140. The van der Waals surface area contributed by atoms with Crippen molar-refractivity contribution in [2.75, 3.05) is 7.11 Å². The van der Waals surface area contributed by atoms with Crippen molar-refractivity contribution in [3.63, 3.8) is 0 Å². The number of hydrogen-bond acceptors (Lipinski definition) is 7. The summed E-state index contributed by atoms with van der Waals surface area (Å²) in [7, 11) is 1.25. The Morgan fingerprint density at radius 3 is 2.50 bits per heavy atom. The molecule has 0 fully saturated rings. The molecule has 0 unspecified atom stereocenters. The zero-order chi connectivity index (χ0) is 21.3. The molecule has 0 bridgehead atoms. The van der Waals surface area contributed by atoms with E-state index in [1.165, 1.54) is 19.4 Å². The van der Waals surface area contributed by atoms with Gasteiger partial charge in [-0.05, 0) is 12.1 Å². The van der Waals surface area contributed by atoms with Gasteiger partial charge in [-0.2, -0.15) is 0 Å². The first kappa shape index (κ1) is 19.3. The van der Waals surface area contributed by atoms with Crippen molar-refractivity contribution in [1.29, 1.82) is 0 Å². The monoisotopic (exact) mass is 406 g/mol. The van der Waals surface area contributed by atoms with Gasteiger partial charge in [0.05, 0.1) is 25.7 Å². The third-order valence-electron chi connectivity index (χ3n) is 4.89. The highest BCUT2D eigenvalue weighted by Gasteiger charge is 2.29. The molecule has 0 saturated heterocycles. The van der Waals surface area contributed by atoms with E-state index < -0.39 is 23.1 Å². The number of benzene rings is 2. The summed E-state index contributed by atoms with van der Waals surface area (Å²) in [6, 6.07) is 14.6. The van der Waals surface area contributed by atoms with Gasteiger partial charge in [0.15, 0.2) is 5.43 Å². The van der Waals surface area contributed by atoms with Gasteiger partial charge in [-0.25, -0.2) is 0 Å². The van der Waals surface area contributed by atoms with Crippen molar-refractivity contribution in [3.8, 4) is 22.8 Å². The molecule has 30 heavy (non-hydrogen) atoms. The summed E-state index contributed by atoms with van der Waals surface area (Å²) in [6.07, 6.45) is 1.27. The highest BCUT2D eigenvalue weighted by Crippen LogP contribution is 2.43. The predicted octanol–water partition coefficient (Wildman–Crippen LogP) is 4.16. The van der Waals surface area contributed by atoms with Gasteiger partial charge in [-0.3, -0.25) is 9.59 Å². The number of aromatic hydroxyl groups is 2. The second-order valence-corrected chi connectivity index (χ2v) is 6.72. The van der Waals surface area contributed by atoms with E-state index in [-0.39, 0.29) is 34.5 Å². The quantitative estimate of drug-likeness (QED) is 0.479. The Hall–Kier alpha value is -4.00. The Kier molecular flexibility index (Phi) is 5.02. The minimum absolute atomic E-state index is 0.0239. The van der Waals surface area contributed by atoms with Crippen LogP contribution in [0.4, 0.5) is 0 Å². The van der Waals surface area contributed by atoms with E-state index in [9.17, 15) is 19.8 Å². The number of carbonyl (C=O) groups is 1. The molecule has 2 heterocycles. The van der Waals surface area contributed by atoms with E-state index in [1.54, 1.807) is 36.4 Å². The summed E-state index contributed by atoms with van der Waals surface area (Å²) < 4.78 is 16.3. The first-order chi connectivity index (χ1) is 14.5. The molecule has 2 N–H and O–H groups in total. The van der Waals surface area contributed by atoms with Crippen LogP contribution in [-0.2, 0) is 9.53 Å². The van der Waals surface area contributed by atoms with Crippen LogP contribution in [0.2, 0.25) is 0 Å². The van der Waals surface area contributed by atoms with E-state index in [4.69, 9.17) is 13.6 Å². The lowest BCUT2D eigenvalue weighted by Gasteiger charge is -2.18. The Morgan fingerprint density at radius 1 is 1.07 bits per heavy atom. The van der Waals surface area contributed by atoms with E-state index in [0.717, 1.165) is 6.07 Å². The molecule has 2 aromatic heterocycles. The fourth-order valence-electron chi connectivity index (χ4n) is 3.49. The first-order valence-electron chi connectivity index (χ1n) is 9.18. The highest BCUT2D eigenvalue weighted by atomic mass is 16.5. The summed E-state index contributed by atoms with van der Waals surface area (Å²) in [5.74, 6) is -1.47. The Labute approximate surface area is 170 Å². The lowest BCUT2D eigenvalue weighted by atomic mass is 9.90. The Bertz CT molecular complexity index is 1250. The van der Waals surface area contributed by atoms with Crippen LogP contribution in [-0.4, -0.2) is 23.3 Å². The van der Waals surface area contributed by atoms with Gasteiger partial charge in [0, 0.05) is 23.3 Å². The van der Waals surface area contributed by atoms with Gasteiger partial charge in [-0.1, -0.05) is 30.3 Å². The normalized spacial score (nSPS) is 12.0. The molecule has 0 spiro atoms. The fourth-order valence-corrected chi connectivity index (χ4v) is 3.49. The van der Waals surface area contributed by atoms with Crippen molar-refractivity contribution in [3.05, 3.63) is 82.4 Å². The van der Waals surface area contributed by atoms with Crippen LogP contribution >= 0.6 is 0 Å². The second kappa shape index (κ2) is 7.79. The predicted molar refractivity (Wildman–Crippen MR) is 108 cm³/mol. The maximum atomic E-state index is 12.8. The molecule has 0 saturated carbocycles. The second-order valence-electron chi connectivity index (χ2n) is 6.72. The average Bonchev–Trinajstić information content (AvgIpc) is 3.27. The van der Waals surface area contributed by atoms with Gasteiger partial charge in [0.25, 0.3) is 0 Å². The minimum atomic E-state index is -0.801. The van der Waals surface area contributed by atoms with Gasteiger partial charge < -0.3 is 23.8 Å². The maximum absolute atomic E-state index is 12.8. The summed E-state index contributed by atoms with van der Waals surface area (Å²) in [5.41, 5.74) is 0.292. The molecule has 0 amide bonds. The first-order valence-corrected chi connectivity index (χ1v) is 9.18. The third-order valence-corrected chi connectivity index (χ3v) is 4.89. The number of hydrogen-bond donors (Lipinski definition) is 2. The van der Waals surface area contributed by atoms with Gasteiger partial charge in [0.1, 0.15) is 34.0 Å². The molecule has 1 atom stereocenters. The molecule has 0 aliphatic rings. The number of furan rings is 1. The van der Waals surface area contributed by atoms with E-state index in [2.05, 4.69) is 0 Å². The van der Waals surface area contributed by atoms with Crippen LogP contribution in [0.15, 0.2) is 74.5 Å². The Morgan fingerprint density at radius 2 is 1.83 bits per heavy atom. The smallest absolute Gasteiger partial charge is 0.306 e. The van der Waals surface area contributed by atoms with Crippen molar-refractivity contribution in [2.45, 2.75) is 12.3 Å². The molecular formula is C23H18O7. The van der Waals surface area contributed by atoms with Gasteiger partial charge >= 0.3 is 5.97 Å². The Balaban J connectivity index is 2.03. The molecule has 0 aliphatic carbocycles. The van der Waals surface area contributed by atoms with Crippen molar-refractivity contribution in [2.24, 2.45) is 0 Å². The molecule has 4 aromatic rings. The van der Waals surface area contributed by atoms with Crippen molar-refractivity contribution < 1.29 is 28.6 Å². The van der Waals surface area contributed by atoms with Gasteiger partial charge in [0.2, 0.25) is 0 Å². The number of fused-ring (bicyclic) bond motifs is 1. The standard InChI is InChI=1S/C23H18O7/c1-28-20(27)10-14(18-8-5-9-29-18)21-15(24)11-16(25)22-17(26)12-19(30-23(21)22)13-6-3-2-4-7-13/h2-9,11-12,14,24-25H,10H2,1H3/t14-/m1/s1. The highest BCUT2D eigenvalue weighted by molar-refractivity contribution is 5.90. The van der Waals surface area contributed by atoms with E-state index in [1.807, 2.05) is 6.07 Å². The molecule has 4 rings (SSSR count). The number of phenols is 2. The lowest BCUT2D eigenvalue weighted by Crippen LogP contribution is -2.12. The fraction of sp³-hybridized carbons (Fsp3) is 0.130. The van der Waals surface area contributed by atoms with Crippen LogP contribution in [0.3, 0.4) is 0 Å². The zero-order valence-corrected chi connectivity index (χ0v) is 16.0. The van der Waals surface area contributed by atoms with Crippen LogP contribution in [0.5, 0.6) is 11.5 Å². The molecule has 0 radical (unpaired) electrons. The summed E-state index contributed by atoms with van der Waals surface area (Å²) in [5, 5.41) is 20.9. The number of rotatable bonds is 5. The summed E-state index contributed by atoms with van der Waals surface area (Å²) in [6.45, 7) is 0. The van der Waals surface area contributed by atoms with Crippen molar-refractivity contribution >= 4 is 16.9 Å². The molecule has 7 nitrogen and oxygen atoms in total. The summed E-state index contributed by atoms with van der Waals surface area (Å²) in [4.78, 5) is 24.9. The molecular weight excluding hydrogens is 388 g/mol. The van der Waals surface area contributed by atoms with Crippen molar-refractivity contribution in [1.82, 2.24) is 0 Å². The van der Waals surface area contributed by atoms with Crippen LogP contribution < -0.4 is 5.43 Å². The topological polar surface area (TPSA) is 110 Å². The maximum Gasteiger partial charge on any atom is 0.306 e. The van der Waals surface area contributed by atoms with E-state index in [0.29, 0.717) is 11.3 Å². The SMILES string of the molecule is COC(=O)C[C@H](c1ccco1)c1c(O)cc(O)c2c(=O)cc(-c3ccccc3)oc12. The third kappa shape index (κ3) is 3.41. The molecule has 7 heteroatoms. The van der Waals surface area contributed by atoms with E-state index >= 15 is 0 Å². The largest absolute Gasteiger partial charge is 0.507 e. The molecule has 0 aliphatic heterocycles. The van der Waals surface area contributed by atoms with Crippen LogP contribution in [0.1, 0.15) is 23.7 Å². The number of ether oxygens (including phenoxy) is 1. The van der Waals surface area contributed by atoms with Crippen LogP contribution in [0, 0.1) is 0 Å². The average molecular weight is 406 g/mol. The number of esters is 1. The zero-order valence-electron chi connectivity index (χ0n) is 16.0. The van der Waals surface area contributed by atoms with Gasteiger partial charge in [-0.15, -0.1) is 0 Å². The molecule has 152 valence electrons. The number of carbonyl (C=O) groups excluding carboxylic acids is 1. The number of methoxy groups -OCH3 is 1. The minimum Gasteiger partial charge on any atom is -0.507 e. The molecule has 2 aromatic carbocycles. The summed E-state index contributed by atoms with van der Waals surface area (Å²) >= 11 is 0.